The zero-order valence-electron chi connectivity index (χ0n) is 8.97. The lowest BCUT2D eigenvalue weighted by Gasteiger charge is -2.42. The molecule has 0 aliphatic carbocycles. The minimum Gasteiger partial charge on any atom is -0.285 e. The number of nitrogens with zero attached hydrogens (tertiary/aromatic N) is 1. The van der Waals surface area contributed by atoms with Crippen LogP contribution in [0.1, 0.15) is 34.1 Å². The predicted molar refractivity (Wildman–Crippen MR) is 50.0 cm³/mol. The van der Waals surface area contributed by atoms with Crippen LogP contribution in [-0.4, -0.2) is 23.8 Å². The Hall–Kier alpha value is -0.860. The van der Waals surface area contributed by atoms with E-state index < -0.39 is 10.8 Å². The summed E-state index contributed by atoms with van der Waals surface area (Å²) in [5.74, 6) is -0.145. The normalized spacial score (nSPS) is 26.4. The van der Waals surface area contributed by atoms with Crippen molar-refractivity contribution in [2.75, 3.05) is 7.05 Å². The van der Waals surface area contributed by atoms with E-state index in [2.05, 4.69) is 0 Å². The topological polar surface area (TPSA) is 37.4 Å². The van der Waals surface area contributed by atoms with Gasteiger partial charge in [-0.2, -0.15) is 0 Å². The smallest absolute Gasteiger partial charge is 0.234 e. The van der Waals surface area contributed by atoms with E-state index in [4.69, 9.17) is 0 Å². The number of rotatable bonds is 0. The highest BCUT2D eigenvalue weighted by Gasteiger charge is 2.48. The lowest BCUT2D eigenvalue weighted by molar-refractivity contribution is -0.163. The van der Waals surface area contributed by atoms with E-state index in [1.807, 2.05) is 27.7 Å². The molecule has 74 valence electrons. The van der Waals surface area contributed by atoms with Crippen molar-refractivity contribution in [1.82, 2.24) is 4.90 Å². The van der Waals surface area contributed by atoms with E-state index in [9.17, 15) is 9.59 Å². The number of carbonyl (C=O) groups is 2. The van der Waals surface area contributed by atoms with Gasteiger partial charge in [-0.25, -0.2) is 0 Å². The first-order chi connectivity index (χ1) is 5.68. The second-order valence-electron chi connectivity index (χ2n) is 5.11. The summed E-state index contributed by atoms with van der Waals surface area (Å²) in [6, 6.07) is 0. The maximum absolute atomic E-state index is 11.7. The molecule has 0 aromatic rings. The molecular weight excluding hydrogens is 166 g/mol. The van der Waals surface area contributed by atoms with E-state index in [0.717, 1.165) is 0 Å². The standard InChI is InChI=1S/C10H17NO2/c1-9(2)6-10(3,4)8(13)11(5)7(9)12/h6H2,1-5H3. The van der Waals surface area contributed by atoms with Crippen LogP contribution in [0.25, 0.3) is 0 Å². The van der Waals surface area contributed by atoms with E-state index >= 15 is 0 Å². The second-order valence-corrected chi connectivity index (χ2v) is 5.11. The molecule has 0 atom stereocenters. The van der Waals surface area contributed by atoms with Gasteiger partial charge in [0.25, 0.3) is 0 Å². The fourth-order valence-electron chi connectivity index (χ4n) is 2.26. The third-order valence-electron chi connectivity index (χ3n) is 2.65. The van der Waals surface area contributed by atoms with E-state index in [1.165, 1.54) is 4.90 Å². The summed E-state index contributed by atoms with van der Waals surface area (Å²) in [5.41, 5.74) is -0.821. The third kappa shape index (κ3) is 1.47. The van der Waals surface area contributed by atoms with Crippen molar-refractivity contribution in [3.8, 4) is 0 Å². The van der Waals surface area contributed by atoms with Gasteiger partial charge >= 0.3 is 0 Å². The third-order valence-corrected chi connectivity index (χ3v) is 2.65. The molecular formula is C10H17NO2. The van der Waals surface area contributed by atoms with Crippen LogP contribution in [0.2, 0.25) is 0 Å². The van der Waals surface area contributed by atoms with Crippen LogP contribution in [0.4, 0.5) is 0 Å². The highest BCUT2D eigenvalue weighted by atomic mass is 16.2. The maximum Gasteiger partial charge on any atom is 0.234 e. The first-order valence-corrected chi connectivity index (χ1v) is 4.51. The highest BCUT2D eigenvalue weighted by Crippen LogP contribution is 2.40. The molecule has 3 nitrogen and oxygen atoms in total. The monoisotopic (exact) mass is 183 g/mol. The van der Waals surface area contributed by atoms with Crippen LogP contribution in [0.3, 0.4) is 0 Å². The predicted octanol–water partition coefficient (Wildman–Crippen LogP) is 1.43. The molecule has 3 heteroatoms. The molecule has 0 saturated carbocycles. The number of imide groups is 1. The Balaban J connectivity index is 3.07. The van der Waals surface area contributed by atoms with Crippen molar-refractivity contribution in [3.05, 3.63) is 0 Å². The molecule has 0 unspecified atom stereocenters. The van der Waals surface area contributed by atoms with Crippen molar-refractivity contribution in [2.45, 2.75) is 34.1 Å². The molecule has 1 saturated heterocycles. The van der Waals surface area contributed by atoms with Crippen molar-refractivity contribution >= 4 is 11.8 Å². The molecule has 0 radical (unpaired) electrons. The van der Waals surface area contributed by atoms with Gasteiger partial charge < -0.3 is 0 Å². The van der Waals surface area contributed by atoms with Crippen molar-refractivity contribution in [1.29, 1.82) is 0 Å². The van der Waals surface area contributed by atoms with Crippen molar-refractivity contribution in [3.63, 3.8) is 0 Å². The summed E-state index contributed by atoms with van der Waals surface area (Å²) in [6.07, 6.45) is 0.627. The van der Waals surface area contributed by atoms with Crippen molar-refractivity contribution in [2.24, 2.45) is 10.8 Å². The Kier molecular flexibility index (Phi) is 2.02. The summed E-state index contributed by atoms with van der Waals surface area (Å²) in [6.45, 7) is 7.56. The summed E-state index contributed by atoms with van der Waals surface area (Å²) >= 11 is 0. The number of piperidine rings is 1. The Morgan fingerprint density at radius 3 is 1.62 bits per heavy atom. The largest absolute Gasteiger partial charge is 0.285 e. The zero-order valence-corrected chi connectivity index (χ0v) is 8.97. The summed E-state index contributed by atoms with van der Waals surface area (Å²) in [4.78, 5) is 24.6. The van der Waals surface area contributed by atoms with Crippen LogP contribution in [0, 0.1) is 10.8 Å². The van der Waals surface area contributed by atoms with E-state index in [0.29, 0.717) is 6.42 Å². The van der Waals surface area contributed by atoms with Gasteiger partial charge in [0.15, 0.2) is 0 Å². The average Bonchev–Trinajstić information content (AvgIpc) is 1.96. The molecule has 13 heavy (non-hydrogen) atoms. The first kappa shape index (κ1) is 10.2. The van der Waals surface area contributed by atoms with Gasteiger partial charge in [0.1, 0.15) is 0 Å². The van der Waals surface area contributed by atoms with Gasteiger partial charge in [-0.15, -0.1) is 0 Å². The van der Waals surface area contributed by atoms with Gasteiger partial charge in [0.05, 0.1) is 0 Å². The number of hydrogen-bond donors (Lipinski definition) is 0. The van der Waals surface area contributed by atoms with Crippen LogP contribution in [0.15, 0.2) is 0 Å². The molecule has 2 amide bonds. The SMILES string of the molecule is CN1C(=O)C(C)(C)CC(C)(C)C1=O. The first-order valence-electron chi connectivity index (χ1n) is 4.51. The summed E-state index contributed by atoms with van der Waals surface area (Å²) in [5, 5.41) is 0. The number of hydrogen-bond acceptors (Lipinski definition) is 2. The molecule has 1 fully saturated rings. The van der Waals surface area contributed by atoms with Gasteiger partial charge in [0.2, 0.25) is 11.8 Å². The van der Waals surface area contributed by atoms with E-state index in [-0.39, 0.29) is 11.8 Å². The van der Waals surface area contributed by atoms with Gasteiger partial charge in [-0.3, -0.25) is 14.5 Å². The van der Waals surface area contributed by atoms with Crippen LogP contribution in [0.5, 0.6) is 0 Å². The van der Waals surface area contributed by atoms with Crippen molar-refractivity contribution < 1.29 is 9.59 Å². The summed E-state index contributed by atoms with van der Waals surface area (Å²) in [7, 11) is 1.56. The molecule has 1 rings (SSSR count). The molecule has 0 N–H and O–H groups in total. The zero-order chi connectivity index (χ0) is 10.4. The maximum atomic E-state index is 11.7. The molecule has 1 aliphatic rings. The minimum absolute atomic E-state index is 0.0724. The van der Waals surface area contributed by atoms with E-state index in [1.54, 1.807) is 7.05 Å². The molecule has 0 bridgehead atoms. The Morgan fingerprint density at radius 1 is 1.00 bits per heavy atom. The quantitative estimate of drug-likeness (QED) is 0.533. The fraction of sp³-hybridized carbons (Fsp3) is 0.800. The fourth-order valence-corrected chi connectivity index (χ4v) is 2.26. The number of likely N-dealkylation sites (tertiary alicyclic amines) is 1. The molecule has 1 aliphatic heterocycles. The Morgan fingerprint density at radius 2 is 1.31 bits per heavy atom. The number of carbonyl (C=O) groups excluding carboxylic acids is 2. The summed E-state index contributed by atoms with van der Waals surface area (Å²) < 4.78 is 0. The van der Waals surface area contributed by atoms with Gasteiger partial charge in [-0.1, -0.05) is 27.7 Å². The van der Waals surface area contributed by atoms with Crippen LogP contribution < -0.4 is 0 Å². The molecule has 0 aromatic heterocycles. The van der Waals surface area contributed by atoms with Gasteiger partial charge in [0, 0.05) is 17.9 Å². The Labute approximate surface area is 79.1 Å². The molecule has 1 heterocycles. The number of amides is 2. The van der Waals surface area contributed by atoms with Crippen LogP contribution >= 0.6 is 0 Å². The molecule has 0 spiro atoms. The van der Waals surface area contributed by atoms with Gasteiger partial charge in [-0.05, 0) is 6.42 Å². The lowest BCUT2D eigenvalue weighted by Crippen LogP contribution is -2.54. The molecule has 0 aromatic carbocycles. The average molecular weight is 183 g/mol. The van der Waals surface area contributed by atoms with Crippen LogP contribution in [-0.2, 0) is 9.59 Å². The second kappa shape index (κ2) is 2.56. The minimum atomic E-state index is -0.411. The Bertz CT molecular complexity index is 240. The lowest BCUT2D eigenvalue weighted by atomic mass is 9.70. The highest BCUT2D eigenvalue weighted by molar-refractivity contribution is 6.02.